The Morgan fingerprint density at radius 2 is 2.47 bits per heavy atom. The summed E-state index contributed by atoms with van der Waals surface area (Å²) >= 11 is 1.68. The van der Waals surface area contributed by atoms with Crippen LogP contribution in [0.3, 0.4) is 0 Å². The summed E-state index contributed by atoms with van der Waals surface area (Å²) in [6.07, 6.45) is 2.02. The predicted octanol–water partition coefficient (Wildman–Crippen LogP) is 1.74. The van der Waals surface area contributed by atoms with Crippen LogP contribution in [-0.4, -0.2) is 36.4 Å². The zero-order chi connectivity index (χ0) is 12.3. The molecule has 4 nitrogen and oxygen atoms in total. The Hall–Kier alpha value is -0.490. The molecule has 2 rings (SSSR count). The van der Waals surface area contributed by atoms with Crippen molar-refractivity contribution in [3.8, 4) is 0 Å². The Kier molecular flexibility index (Phi) is 4.14. The molecule has 0 aromatic carbocycles. The van der Waals surface area contributed by atoms with Crippen molar-refractivity contribution in [1.29, 1.82) is 0 Å². The molecule has 1 aromatic heterocycles. The minimum absolute atomic E-state index is 0.0899. The highest BCUT2D eigenvalue weighted by Crippen LogP contribution is 2.17. The molecule has 0 spiro atoms. The van der Waals surface area contributed by atoms with Crippen molar-refractivity contribution in [3.05, 3.63) is 16.1 Å². The zero-order valence-corrected chi connectivity index (χ0v) is 11.5. The van der Waals surface area contributed by atoms with Gasteiger partial charge in [0.1, 0.15) is 0 Å². The maximum atomic E-state index is 5.92. The van der Waals surface area contributed by atoms with Crippen LogP contribution in [0.2, 0.25) is 0 Å². The lowest BCUT2D eigenvalue weighted by Gasteiger charge is -2.36. The van der Waals surface area contributed by atoms with Gasteiger partial charge in [-0.3, -0.25) is 0 Å². The predicted molar refractivity (Wildman–Crippen MR) is 68.3 cm³/mol. The van der Waals surface area contributed by atoms with E-state index < -0.39 is 0 Å². The monoisotopic (exact) mass is 256 g/mol. The van der Waals surface area contributed by atoms with E-state index in [9.17, 15) is 0 Å². The maximum absolute atomic E-state index is 5.92. The van der Waals surface area contributed by atoms with Gasteiger partial charge < -0.3 is 14.8 Å². The number of morpholine rings is 1. The third-order valence-corrected chi connectivity index (χ3v) is 3.51. The number of nitrogens with one attached hydrogen (secondary N) is 1. The molecule has 0 bridgehead atoms. The summed E-state index contributed by atoms with van der Waals surface area (Å²) in [5.41, 5.74) is -0.0899. The van der Waals surface area contributed by atoms with Crippen molar-refractivity contribution in [2.24, 2.45) is 0 Å². The van der Waals surface area contributed by atoms with Gasteiger partial charge in [-0.25, -0.2) is 4.98 Å². The molecule has 0 saturated carbocycles. The third kappa shape index (κ3) is 4.03. The number of hydrogen-bond acceptors (Lipinski definition) is 5. The van der Waals surface area contributed by atoms with Gasteiger partial charge in [0, 0.05) is 19.3 Å². The largest absolute Gasteiger partial charge is 0.373 e. The van der Waals surface area contributed by atoms with Crippen molar-refractivity contribution < 1.29 is 9.47 Å². The van der Waals surface area contributed by atoms with Crippen molar-refractivity contribution in [2.75, 3.05) is 19.7 Å². The summed E-state index contributed by atoms with van der Waals surface area (Å²) in [6.45, 7) is 9.23. The van der Waals surface area contributed by atoms with Gasteiger partial charge in [-0.1, -0.05) is 0 Å². The molecule has 0 aliphatic carbocycles. The van der Waals surface area contributed by atoms with Crippen LogP contribution in [0.5, 0.6) is 0 Å². The van der Waals surface area contributed by atoms with Crippen LogP contribution in [-0.2, 0) is 16.1 Å². The van der Waals surface area contributed by atoms with Crippen LogP contribution >= 0.6 is 11.3 Å². The number of hydrogen-bond donors (Lipinski definition) is 1. The van der Waals surface area contributed by atoms with Crippen LogP contribution in [0.4, 0.5) is 0 Å². The van der Waals surface area contributed by atoms with E-state index in [-0.39, 0.29) is 11.7 Å². The van der Waals surface area contributed by atoms with Crippen LogP contribution in [0.25, 0.3) is 0 Å². The highest BCUT2D eigenvalue weighted by atomic mass is 32.1. The molecule has 1 unspecified atom stereocenters. The second-order valence-electron chi connectivity index (χ2n) is 4.99. The first-order valence-corrected chi connectivity index (χ1v) is 6.74. The molecule has 1 aromatic rings. The quantitative estimate of drug-likeness (QED) is 0.891. The Balaban J connectivity index is 1.71. The molecule has 0 amide bonds. The van der Waals surface area contributed by atoms with Crippen molar-refractivity contribution in [2.45, 2.75) is 39.1 Å². The average Bonchev–Trinajstić information content (AvgIpc) is 2.63. The van der Waals surface area contributed by atoms with Gasteiger partial charge in [-0.15, -0.1) is 11.3 Å². The fourth-order valence-corrected chi connectivity index (χ4v) is 2.66. The number of ether oxygens (including phenoxy) is 2. The minimum atomic E-state index is -0.0899. The van der Waals surface area contributed by atoms with Gasteiger partial charge in [0.2, 0.25) is 0 Å². The Bertz CT molecular complexity index is 365. The summed E-state index contributed by atoms with van der Waals surface area (Å²) < 4.78 is 11.6. The summed E-state index contributed by atoms with van der Waals surface area (Å²) in [7, 11) is 0. The molecule has 17 heavy (non-hydrogen) atoms. The average molecular weight is 256 g/mol. The van der Waals surface area contributed by atoms with Crippen LogP contribution < -0.4 is 5.32 Å². The van der Waals surface area contributed by atoms with Gasteiger partial charge in [0.25, 0.3) is 0 Å². The van der Waals surface area contributed by atoms with E-state index in [0.29, 0.717) is 13.2 Å². The highest BCUT2D eigenvalue weighted by Gasteiger charge is 2.28. The highest BCUT2D eigenvalue weighted by molar-refractivity contribution is 7.11. The second kappa shape index (κ2) is 5.44. The molecule has 96 valence electrons. The Labute approximate surface area is 106 Å². The van der Waals surface area contributed by atoms with Crippen molar-refractivity contribution >= 4 is 11.3 Å². The molecule has 2 heterocycles. The summed E-state index contributed by atoms with van der Waals surface area (Å²) in [5, 5.41) is 4.45. The standard InChI is InChI=1S/C12H20N2O2S/c1-9-14-5-11(17-9)7-15-6-10-4-13-8-12(2,3)16-10/h5,10,13H,4,6-8H2,1-3H3. The first kappa shape index (κ1) is 13.0. The molecule has 1 fully saturated rings. The van der Waals surface area contributed by atoms with Crippen LogP contribution in [0.1, 0.15) is 23.7 Å². The molecule has 1 atom stereocenters. The fourth-order valence-electron chi connectivity index (χ4n) is 1.92. The Morgan fingerprint density at radius 3 is 3.12 bits per heavy atom. The lowest BCUT2D eigenvalue weighted by atomic mass is 10.1. The second-order valence-corrected chi connectivity index (χ2v) is 6.31. The molecular formula is C12H20N2O2S. The third-order valence-electron chi connectivity index (χ3n) is 2.63. The molecule has 1 aliphatic heterocycles. The summed E-state index contributed by atoms with van der Waals surface area (Å²) in [5.74, 6) is 0. The normalized spacial score (nSPS) is 23.8. The van der Waals surface area contributed by atoms with Crippen LogP contribution in [0.15, 0.2) is 6.20 Å². The van der Waals surface area contributed by atoms with E-state index in [1.54, 1.807) is 11.3 Å². The van der Waals surface area contributed by atoms with E-state index in [1.165, 1.54) is 4.88 Å². The molecule has 5 heteroatoms. The van der Waals surface area contributed by atoms with E-state index in [0.717, 1.165) is 18.1 Å². The number of aryl methyl sites for hydroxylation is 1. The summed E-state index contributed by atoms with van der Waals surface area (Å²) in [4.78, 5) is 5.37. The number of rotatable bonds is 4. The zero-order valence-electron chi connectivity index (χ0n) is 10.7. The Morgan fingerprint density at radius 1 is 1.65 bits per heavy atom. The number of nitrogens with zero attached hydrogens (tertiary/aromatic N) is 1. The van der Waals surface area contributed by atoms with Crippen molar-refractivity contribution in [1.82, 2.24) is 10.3 Å². The molecule has 1 N–H and O–H groups in total. The van der Waals surface area contributed by atoms with Gasteiger partial charge in [-0.2, -0.15) is 0 Å². The maximum Gasteiger partial charge on any atom is 0.0940 e. The van der Waals surface area contributed by atoms with Gasteiger partial charge in [-0.05, 0) is 20.8 Å². The van der Waals surface area contributed by atoms with Crippen LogP contribution in [0, 0.1) is 6.92 Å². The van der Waals surface area contributed by atoms with E-state index in [1.807, 2.05) is 13.1 Å². The fraction of sp³-hybridized carbons (Fsp3) is 0.750. The lowest BCUT2D eigenvalue weighted by molar-refractivity contribution is -0.121. The minimum Gasteiger partial charge on any atom is -0.373 e. The molecule has 1 aliphatic rings. The SMILES string of the molecule is Cc1ncc(COCC2CNCC(C)(C)O2)s1. The topological polar surface area (TPSA) is 43.4 Å². The number of thiazole rings is 1. The summed E-state index contributed by atoms with van der Waals surface area (Å²) in [6, 6.07) is 0. The molecule has 0 radical (unpaired) electrons. The first-order valence-electron chi connectivity index (χ1n) is 5.93. The smallest absolute Gasteiger partial charge is 0.0940 e. The van der Waals surface area contributed by atoms with E-state index >= 15 is 0 Å². The van der Waals surface area contributed by atoms with Gasteiger partial charge in [0.05, 0.1) is 34.8 Å². The number of aromatic nitrogens is 1. The van der Waals surface area contributed by atoms with Gasteiger partial charge in [0.15, 0.2) is 0 Å². The first-order chi connectivity index (χ1) is 8.05. The molecular weight excluding hydrogens is 236 g/mol. The van der Waals surface area contributed by atoms with Gasteiger partial charge >= 0.3 is 0 Å². The van der Waals surface area contributed by atoms with Crippen molar-refractivity contribution in [3.63, 3.8) is 0 Å². The molecule has 1 saturated heterocycles. The lowest BCUT2D eigenvalue weighted by Crippen LogP contribution is -2.51. The van der Waals surface area contributed by atoms with E-state index in [4.69, 9.17) is 9.47 Å². The van der Waals surface area contributed by atoms with E-state index in [2.05, 4.69) is 24.1 Å².